The number of pyridine rings is 1. The smallest absolute Gasteiger partial charge is 0.252 e. The van der Waals surface area contributed by atoms with Gasteiger partial charge in [-0.1, -0.05) is 56.5 Å². The second-order valence-corrected chi connectivity index (χ2v) is 9.89. The molecule has 8 nitrogen and oxygen atoms in total. The van der Waals surface area contributed by atoms with Gasteiger partial charge < -0.3 is 9.72 Å². The summed E-state index contributed by atoms with van der Waals surface area (Å²) in [7, 11) is 0. The van der Waals surface area contributed by atoms with E-state index in [1.165, 1.54) is 24.8 Å². The summed E-state index contributed by atoms with van der Waals surface area (Å²) in [5.74, 6) is 1.69. The fourth-order valence-electron chi connectivity index (χ4n) is 5.53. The third-order valence-corrected chi connectivity index (χ3v) is 7.37. The SMILES string of the molecule is CCOc1ccc2[nH]c(=O)c(CN(Cc3ccccc3)C(CC)c3nnnn3C3CCCCC3)cc2c1. The summed E-state index contributed by atoms with van der Waals surface area (Å²) >= 11 is 0. The Morgan fingerprint density at radius 2 is 1.86 bits per heavy atom. The number of aromatic nitrogens is 5. The van der Waals surface area contributed by atoms with Gasteiger partial charge in [0, 0.05) is 29.6 Å². The lowest BCUT2D eigenvalue weighted by atomic mass is 9.95. The first-order chi connectivity index (χ1) is 18.2. The molecule has 1 aliphatic rings. The minimum Gasteiger partial charge on any atom is -0.494 e. The van der Waals surface area contributed by atoms with E-state index in [0.717, 1.165) is 41.7 Å². The van der Waals surface area contributed by atoms with Crippen LogP contribution in [0.25, 0.3) is 10.9 Å². The molecule has 8 heteroatoms. The molecule has 1 aliphatic carbocycles. The van der Waals surface area contributed by atoms with Gasteiger partial charge in [-0.2, -0.15) is 0 Å². The van der Waals surface area contributed by atoms with E-state index in [9.17, 15) is 4.79 Å². The van der Waals surface area contributed by atoms with Crippen molar-refractivity contribution in [3.05, 3.63) is 81.9 Å². The highest BCUT2D eigenvalue weighted by Gasteiger charge is 2.29. The lowest BCUT2D eigenvalue weighted by molar-refractivity contribution is 0.155. The van der Waals surface area contributed by atoms with Crippen molar-refractivity contribution in [2.24, 2.45) is 0 Å². The van der Waals surface area contributed by atoms with E-state index in [2.05, 4.69) is 61.3 Å². The van der Waals surface area contributed by atoms with Crippen molar-refractivity contribution >= 4 is 10.9 Å². The second kappa shape index (κ2) is 11.7. The molecule has 0 aliphatic heterocycles. The molecule has 2 aromatic heterocycles. The van der Waals surface area contributed by atoms with Crippen molar-refractivity contribution in [3.63, 3.8) is 0 Å². The molecule has 1 unspecified atom stereocenters. The van der Waals surface area contributed by atoms with Crippen molar-refractivity contribution < 1.29 is 4.74 Å². The van der Waals surface area contributed by atoms with Gasteiger partial charge in [0.15, 0.2) is 5.82 Å². The van der Waals surface area contributed by atoms with Gasteiger partial charge >= 0.3 is 0 Å². The average Bonchev–Trinajstić information content (AvgIpc) is 3.40. The molecule has 1 atom stereocenters. The Morgan fingerprint density at radius 1 is 1.05 bits per heavy atom. The van der Waals surface area contributed by atoms with Crippen molar-refractivity contribution in [3.8, 4) is 5.75 Å². The lowest BCUT2D eigenvalue weighted by Gasteiger charge is -2.32. The first-order valence-electron chi connectivity index (χ1n) is 13.5. The van der Waals surface area contributed by atoms with Crippen LogP contribution in [0.4, 0.5) is 0 Å². The van der Waals surface area contributed by atoms with Crippen molar-refractivity contribution in [2.75, 3.05) is 6.61 Å². The number of fused-ring (bicyclic) bond motifs is 1. The van der Waals surface area contributed by atoms with E-state index >= 15 is 0 Å². The van der Waals surface area contributed by atoms with Crippen LogP contribution < -0.4 is 10.3 Å². The van der Waals surface area contributed by atoms with Gasteiger partial charge in [-0.15, -0.1) is 5.10 Å². The zero-order chi connectivity index (χ0) is 25.6. The molecule has 37 heavy (non-hydrogen) atoms. The molecule has 1 fully saturated rings. The first-order valence-corrected chi connectivity index (χ1v) is 13.5. The minimum absolute atomic E-state index is 0.0259. The molecule has 5 rings (SSSR count). The van der Waals surface area contributed by atoms with Crippen LogP contribution in [0.3, 0.4) is 0 Å². The predicted octanol–water partition coefficient (Wildman–Crippen LogP) is 5.57. The fourth-order valence-corrected chi connectivity index (χ4v) is 5.53. The number of nitrogens with zero attached hydrogens (tertiary/aromatic N) is 5. The van der Waals surface area contributed by atoms with Gasteiger partial charge in [-0.05, 0) is 66.4 Å². The Labute approximate surface area is 217 Å². The fraction of sp³-hybridized carbons (Fsp3) is 0.448. The summed E-state index contributed by atoms with van der Waals surface area (Å²) in [6.45, 7) is 5.90. The van der Waals surface area contributed by atoms with Crippen LogP contribution in [0, 0.1) is 0 Å². The molecular weight excluding hydrogens is 464 g/mol. The highest BCUT2D eigenvalue weighted by atomic mass is 16.5. The Balaban J connectivity index is 1.51. The molecule has 1 N–H and O–H groups in total. The lowest BCUT2D eigenvalue weighted by Crippen LogP contribution is -2.33. The number of hydrogen-bond acceptors (Lipinski definition) is 6. The number of ether oxygens (including phenoxy) is 1. The maximum absolute atomic E-state index is 13.2. The summed E-state index contributed by atoms with van der Waals surface area (Å²) in [6, 6.07) is 18.5. The summed E-state index contributed by atoms with van der Waals surface area (Å²) in [5, 5.41) is 14.0. The molecule has 0 radical (unpaired) electrons. The molecule has 0 bridgehead atoms. The third kappa shape index (κ3) is 5.74. The summed E-state index contributed by atoms with van der Waals surface area (Å²) in [6.07, 6.45) is 6.76. The van der Waals surface area contributed by atoms with Gasteiger partial charge in [0.05, 0.1) is 18.7 Å². The van der Waals surface area contributed by atoms with E-state index in [1.54, 1.807) is 0 Å². The van der Waals surface area contributed by atoms with E-state index in [0.29, 0.717) is 31.3 Å². The summed E-state index contributed by atoms with van der Waals surface area (Å²) in [5.41, 5.74) is 2.64. The molecule has 194 valence electrons. The van der Waals surface area contributed by atoms with E-state index in [-0.39, 0.29) is 11.6 Å². The largest absolute Gasteiger partial charge is 0.494 e. The van der Waals surface area contributed by atoms with Gasteiger partial charge in [0.2, 0.25) is 0 Å². The van der Waals surface area contributed by atoms with Crippen LogP contribution in [-0.2, 0) is 13.1 Å². The Bertz CT molecular complexity index is 1360. The van der Waals surface area contributed by atoms with Crippen LogP contribution in [0.5, 0.6) is 5.75 Å². The number of benzene rings is 2. The van der Waals surface area contributed by atoms with Crippen LogP contribution in [0.1, 0.15) is 81.4 Å². The monoisotopic (exact) mass is 500 g/mol. The van der Waals surface area contributed by atoms with Crippen molar-refractivity contribution in [1.29, 1.82) is 0 Å². The number of H-pyrrole nitrogens is 1. The summed E-state index contributed by atoms with van der Waals surface area (Å²) < 4.78 is 7.75. The number of nitrogens with one attached hydrogen (secondary N) is 1. The molecule has 4 aromatic rings. The standard InChI is InChI=1S/C29H36N6O2/c1-3-27(28-31-32-33-35(28)24-13-9-6-10-14-24)34(19-21-11-7-5-8-12-21)20-23-17-22-18-25(37-4-2)15-16-26(22)30-29(23)36/h5,7-8,11-12,15-18,24,27H,3-4,6,9-10,13-14,19-20H2,1-2H3,(H,30,36). The predicted molar refractivity (Wildman–Crippen MR) is 144 cm³/mol. The van der Waals surface area contributed by atoms with Crippen molar-refractivity contribution in [1.82, 2.24) is 30.1 Å². The van der Waals surface area contributed by atoms with Crippen LogP contribution in [-0.4, -0.2) is 36.7 Å². The van der Waals surface area contributed by atoms with Crippen LogP contribution in [0.2, 0.25) is 0 Å². The first kappa shape index (κ1) is 25.1. The van der Waals surface area contributed by atoms with E-state index in [4.69, 9.17) is 4.74 Å². The zero-order valence-corrected chi connectivity index (χ0v) is 21.8. The number of tetrazole rings is 1. The highest BCUT2D eigenvalue weighted by molar-refractivity contribution is 5.80. The van der Waals surface area contributed by atoms with E-state index in [1.807, 2.05) is 37.3 Å². The normalized spacial score (nSPS) is 15.3. The molecule has 1 saturated carbocycles. The number of aromatic amines is 1. The molecule has 0 amide bonds. The zero-order valence-electron chi connectivity index (χ0n) is 21.8. The Kier molecular flexibility index (Phi) is 7.94. The Morgan fingerprint density at radius 3 is 2.62 bits per heavy atom. The number of rotatable bonds is 10. The van der Waals surface area contributed by atoms with Crippen LogP contribution in [0.15, 0.2) is 59.4 Å². The second-order valence-electron chi connectivity index (χ2n) is 9.89. The molecule has 2 heterocycles. The van der Waals surface area contributed by atoms with Crippen molar-refractivity contribution in [2.45, 2.75) is 77.5 Å². The molecular formula is C29H36N6O2. The molecule has 0 saturated heterocycles. The van der Waals surface area contributed by atoms with Gasteiger partial charge in [-0.3, -0.25) is 9.69 Å². The molecule has 0 spiro atoms. The van der Waals surface area contributed by atoms with Gasteiger partial charge in [0.1, 0.15) is 5.75 Å². The topological polar surface area (TPSA) is 88.9 Å². The quantitative estimate of drug-likeness (QED) is 0.306. The third-order valence-electron chi connectivity index (χ3n) is 7.37. The number of hydrogen-bond donors (Lipinski definition) is 1. The summed E-state index contributed by atoms with van der Waals surface area (Å²) in [4.78, 5) is 18.6. The van der Waals surface area contributed by atoms with Gasteiger partial charge in [-0.25, -0.2) is 4.68 Å². The molecule has 2 aromatic carbocycles. The van der Waals surface area contributed by atoms with Gasteiger partial charge in [0.25, 0.3) is 5.56 Å². The minimum atomic E-state index is -0.0727. The van der Waals surface area contributed by atoms with E-state index < -0.39 is 0 Å². The van der Waals surface area contributed by atoms with Crippen LogP contribution >= 0.6 is 0 Å². The average molecular weight is 501 g/mol. The highest BCUT2D eigenvalue weighted by Crippen LogP contribution is 2.33. The maximum Gasteiger partial charge on any atom is 0.252 e. The Hall–Kier alpha value is -3.52. The maximum atomic E-state index is 13.2.